The summed E-state index contributed by atoms with van der Waals surface area (Å²) >= 11 is 0. The summed E-state index contributed by atoms with van der Waals surface area (Å²) < 4.78 is 21.9. The van der Waals surface area contributed by atoms with E-state index < -0.39 is 9.84 Å². The molecular formula is C7H9NO2S. The van der Waals surface area contributed by atoms with Crippen LogP contribution in [0.4, 0.5) is 0 Å². The van der Waals surface area contributed by atoms with Crippen molar-refractivity contribution in [1.82, 2.24) is 4.98 Å². The van der Waals surface area contributed by atoms with E-state index in [0.717, 1.165) is 5.56 Å². The molecule has 0 unspecified atom stereocenters. The number of sulfone groups is 1. The first-order valence-electron chi connectivity index (χ1n) is 3.12. The van der Waals surface area contributed by atoms with Gasteiger partial charge in [0.25, 0.3) is 0 Å². The summed E-state index contributed by atoms with van der Waals surface area (Å²) in [5.74, 6) is 0. The topological polar surface area (TPSA) is 47.0 Å². The fraction of sp³-hybridized carbons (Fsp3) is 0.286. The van der Waals surface area contributed by atoms with E-state index in [-0.39, 0.29) is 4.90 Å². The van der Waals surface area contributed by atoms with Gasteiger partial charge in [0.2, 0.25) is 0 Å². The van der Waals surface area contributed by atoms with Crippen LogP contribution in [0.25, 0.3) is 0 Å². The van der Waals surface area contributed by atoms with Crippen molar-refractivity contribution in [1.29, 1.82) is 0 Å². The molecule has 11 heavy (non-hydrogen) atoms. The van der Waals surface area contributed by atoms with Crippen LogP contribution in [0.3, 0.4) is 0 Å². The van der Waals surface area contributed by atoms with Gasteiger partial charge < -0.3 is 0 Å². The zero-order valence-corrected chi connectivity index (χ0v) is 7.22. The molecule has 0 fully saturated rings. The Morgan fingerprint density at radius 1 is 1.36 bits per heavy atom. The highest BCUT2D eigenvalue weighted by Crippen LogP contribution is 2.07. The fourth-order valence-corrected chi connectivity index (χ4v) is 1.38. The second-order valence-corrected chi connectivity index (χ2v) is 4.49. The van der Waals surface area contributed by atoms with E-state index in [9.17, 15) is 8.42 Å². The average Bonchev–Trinajstić information content (AvgIpc) is 1.86. The number of aryl methyl sites for hydroxylation is 1. The standard InChI is InChI=1S/C7H9NO2S/c1-6-3-7(5-8-4-6)11(2,9)10/h3-5H,1-2H3. The molecule has 0 atom stereocenters. The van der Waals surface area contributed by atoms with Crippen molar-refractivity contribution < 1.29 is 8.42 Å². The largest absolute Gasteiger partial charge is 0.263 e. The highest BCUT2D eigenvalue weighted by molar-refractivity contribution is 7.90. The van der Waals surface area contributed by atoms with E-state index in [0.29, 0.717) is 0 Å². The van der Waals surface area contributed by atoms with E-state index >= 15 is 0 Å². The Hall–Kier alpha value is -0.900. The summed E-state index contributed by atoms with van der Waals surface area (Å²) in [5.41, 5.74) is 0.855. The van der Waals surface area contributed by atoms with Crippen molar-refractivity contribution in [3.8, 4) is 0 Å². The monoisotopic (exact) mass is 171 g/mol. The van der Waals surface area contributed by atoms with Crippen LogP contribution in [0.5, 0.6) is 0 Å². The van der Waals surface area contributed by atoms with Gasteiger partial charge in [0.1, 0.15) is 0 Å². The Bertz CT molecular complexity index is 356. The molecule has 1 aromatic rings. The average molecular weight is 171 g/mol. The van der Waals surface area contributed by atoms with Crippen molar-refractivity contribution in [2.24, 2.45) is 0 Å². The lowest BCUT2D eigenvalue weighted by atomic mass is 10.3. The van der Waals surface area contributed by atoms with Crippen LogP contribution in [0, 0.1) is 6.92 Å². The summed E-state index contributed by atoms with van der Waals surface area (Å²) in [5, 5.41) is 0. The minimum Gasteiger partial charge on any atom is -0.263 e. The fourth-order valence-electron chi connectivity index (χ4n) is 0.730. The smallest absolute Gasteiger partial charge is 0.177 e. The van der Waals surface area contributed by atoms with E-state index in [1.807, 2.05) is 6.92 Å². The minimum absolute atomic E-state index is 0.275. The number of hydrogen-bond acceptors (Lipinski definition) is 3. The normalized spacial score (nSPS) is 11.5. The molecule has 0 aliphatic heterocycles. The van der Waals surface area contributed by atoms with Crippen molar-refractivity contribution >= 4 is 9.84 Å². The van der Waals surface area contributed by atoms with Crippen LogP contribution in [0.15, 0.2) is 23.4 Å². The number of hydrogen-bond donors (Lipinski definition) is 0. The maximum absolute atomic E-state index is 10.9. The third kappa shape index (κ3) is 2.01. The zero-order chi connectivity index (χ0) is 8.48. The van der Waals surface area contributed by atoms with Gasteiger partial charge in [-0.25, -0.2) is 8.42 Å². The first-order chi connectivity index (χ1) is 5.00. The number of aromatic nitrogens is 1. The molecule has 4 heteroatoms. The van der Waals surface area contributed by atoms with Gasteiger partial charge in [-0.3, -0.25) is 4.98 Å². The summed E-state index contributed by atoms with van der Waals surface area (Å²) in [6.07, 6.45) is 4.14. The minimum atomic E-state index is -3.09. The molecule has 0 amide bonds. The molecule has 0 spiro atoms. The second-order valence-electron chi connectivity index (χ2n) is 2.47. The van der Waals surface area contributed by atoms with Crippen LogP contribution in [-0.4, -0.2) is 19.7 Å². The van der Waals surface area contributed by atoms with Crippen LogP contribution >= 0.6 is 0 Å². The zero-order valence-electron chi connectivity index (χ0n) is 6.40. The van der Waals surface area contributed by atoms with Gasteiger partial charge in [0.15, 0.2) is 9.84 Å². The molecule has 0 saturated heterocycles. The van der Waals surface area contributed by atoms with Crippen LogP contribution in [0.1, 0.15) is 5.56 Å². The summed E-state index contributed by atoms with van der Waals surface area (Å²) in [6, 6.07) is 1.60. The third-order valence-corrected chi connectivity index (χ3v) is 2.36. The van der Waals surface area contributed by atoms with Gasteiger partial charge in [-0.1, -0.05) is 0 Å². The molecule has 0 saturated carbocycles. The van der Waals surface area contributed by atoms with Crippen molar-refractivity contribution in [2.75, 3.05) is 6.26 Å². The molecule has 1 aromatic heterocycles. The molecule has 0 aliphatic rings. The van der Waals surface area contributed by atoms with Gasteiger partial charge in [-0.05, 0) is 18.6 Å². The predicted molar refractivity (Wildman–Crippen MR) is 42.1 cm³/mol. The van der Waals surface area contributed by atoms with Crippen LogP contribution in [-0.2, 0) is 9.84 Å². The van der Waals surface area contributed by atoms with Gasteiger partial charge in [-0.15, -0.1) is 0 Å². The van der Waals surface area contributed by atoms with E-state index in [2.05, 4.69) is 4.98 Å². The summed E-state index contributed by atoms with van der Waals surface area (Å²) in [7, 11) is -3.09. The molecule has 0 N–H and O–H groups in total. The molecule has 0 bridgehead atoms. The van der Waals surface area contributed by atoms with Crippen molar-refractivity contribution in [3.05, 3.63) is 24.0 Å². The molecular weight excluding hydrogens is 162 g/mol. The lowest BCUT2D eigenvalue weighted by Gasteiger charge is -1.96. The van der Waals surface area contributed by atoms with Gasteiger partial charge in [0, 0.05) is 18.6 Å². The number of pyridine rings is 1. The Morgan fingerprint density at radius 3 is 2.36 bits per heavy atom. The Balaban J connectivity index is 3.28. The first kappa shape index (κ1) is 8.20. The molecule has 0 radical (unpaired) electrons. The predicted octanol–water partition coefficient (Wildman–Crippen LogP) is 0.794. The molecule has 1 rings (SSSR count). The maximum atomic E-state index is 10.9. The maximum Gasteiger partial charge on any atom is 0.177 e. The van der Waals surface area contributed by atoms with Crippen molar-refractivity contribution in [3.63, 3.8) is 0 Å². The van der Waals surface area contributed by atoms with Crippen LogP contribution in [0.2, 0.25) is 0 Å². The van der Waals surface area contributed by atoms with E-state index in [4.69, 9.17) is 0 Å². The Morgan fingerprint density at radius 2 is 2.00 bits per heavy atom. The molecule has 0 aromatic carbocycles. The molecule has 3 nitrogen and oxygen atoms in total. The molecule has 1 heterocycles. The lowest BCUT2D eigenvalue weighted by Crippen LogP contribution is -1.97. The number of nitrogens with zero attached hydrogens (tertiary/aromatic N) is 1. The van der Waals surface area contributed by atoms with E-state index in [1.165, 1.54) is 12.5 Å². The Kier molecular flexibility index (Phi) is 1.95. The Labute approximate surface area is 66.0 Å². The highest BCUT2D eigenvalue weighted by atomic mass is 32.2. The van der Waals surface area contributed by atoms with E-state index in [1.54, 1.807) is 12.3 Å². The third-order valence-electron chi connectivity index (χ3n) is 1.28. The second kappa shape index (κ2) is 2.62. The summed E-state index contributed by atoms with van der Waals surface area (Å²) in [4.78, 5) is 4.05. The highest BCUT2D eigenvalue weighted by Gasteiger charge is 2.05. The SMILES string of the molecule is Cc1cncc(S(C)(=O)=O)c1. The molecule has 60 valence electrons. The van der Waals surface area contributed by atoms with Crippen molar-refractivity contribution in [2.45, 2.75) is 11.8 Å². The molecule has 0 aliphatic carbocycles. The lowest BCUT2D eigenvalue weighted by molar-refractivity contribution is 0.601. The first-order valence-corrected chi connectivity index (χ1v) is 5.01. The quantitative estimate of drug-likeness (QED) is 0.627. The van der Waals surface area contributed by atoms with Gasteiger partial charge in [0.05, 0.1) is 4.90 Å². The van der Waals surface area contributed by atoms with Gasteiger partial charge in [-0.2, -0.15) is 0 Å². The number of rotatable bonds is 1. The van der Waals surface area contributed by atoms with Crippen LogP contribution < -0.4 is 0 Å². The van der Waals surface area contributed by atoms with Gasteiger partial charge >= 0.3 is 0 Å². The summed E-state index contributed by atoms with van der Waals surface area (Å²) in [6.45, 7) is 1.81.